The number of anilines is 1. The van der Waals surface area contributed by atoms with Gasteiger partial charge in [0.25, 0.3) is 5.91 Å². The van der Waals surface area contributed by atoms with Crippen molar-refractivity contribution in [2.24, 2.45) is 0 Å². The number of aromatic nitrogens is 2. The third-order valence-corrected chi connectivity index (χ3v) is 4.27. The van der Waals surface area contributed by atoms with Crippen molar-refractivity contribution < 1.29 is 23.5 Å². The highest BCUT2D eigenvalue weighted by Gasteiger charge is 2.20. The molecule has 9 heteroatoms. The van der Waals surface area contributed by atoms with Crippen molar-refractivity contribution in [2.75, 3.05) is 24.7 Å². The van der Waals surface area contributed by atoms with Gasteiger partial charge < -0.3 is 18.8 Å². The standard InChI is InChI=1S/C22H22N4O5/c1-2-29-18-7-5-17(6-8-18)26(14-3-11-23)21(27)16-30-22(28)20-10-9-19(31-20)15-25-13-4-12-24-25/h4-10,12-13H,2-3,14-16H2,1H3. The van der Waals surface area contributed by atoms with Gasteiger partial charge in [-0.1, -0.05) is 0 Å². The highest BCUT2D eigenvalue weighted by molar-refractivity contribution is 5.96. The first-order valence-corrected chi connectivity index (χ1v) is 9.74. The number of benzene rings is 1. The molecule has 3 rings (SSSR count). The minimum atomic E-state index is -0.744. The van der Waals surface area contributed by atoms with E-state index in [2.05, 4.69) is 5.10 Å². The summed E-state index contributed by atoms with van der Waals surface area (Å²) < 4.78 is 17.7. The van der Waals surface area contributed by atoms with E-state index in [0.29, 0.717) is 30.3 Å². The van der Waals surface area contributed by atoms with Gasteiger partial charge in [0.15, 0.2) is 6.61 Å². The van der Waals surface area contributed by atoms with Crippen LogP contribution in [0.4, 0.5) is 5.69 Å². The molecule has 0 saturated carbocycles. The van der Waals surface area contributed by atoms with Crippen LogP contribution in [0, 0.1) is 11.3 Å². The number of carbonyl (C=O) groups excluding carboxylic acids is 2. The molecule has 2 heterocycles. The molecule has 0 spiro atoms. The fourth-order valence-corrected chi connectivity index (χ4v) is 2.85. The van der Waals surface area contributed by atoms with Crippen LogP contribution < -0.4 is 9.64 Å². The number of nitriles is 1. The van der Waals surface area contributed by atoms with E-state index in [9.17, 15) is 9.59 Å². The van der Waals surface area contributed by atoms with E-state index in [-0.39, 0.29) is 18.7 Å². The van der Waals surface area contributed by atoms with E-state index in [1.165, 1.54) is 11.0 Å². The molecule has 160 valence electrons. The highest BCUT2D eigenvalue weighted by atomic mass is 16.5. The molecule has 9 nitrogen and oxygen atoms in total. The topological polar surface area (TPSA) is 111 Å². The number of esters is 1. The Morgan fingerprint density at radius 1 is 1.23 bits per heavy atom. The lowest BCUT2D eigenvalue weighted by atomic mass is 10.2. The minimum absolute atomic E-state index is 0.000372. The van der Waals surface area contributed by atoms with Crippen molar-refractivity contribution in [2.45, 2.75) is 19.9 Å². The molecular formula is C22H22N4O5. The maximum Gasteiger partial charge on any atom is 0.374 e. The molecule has 0 fully saturated rings. The lowest BCUT2D eigenvalue weighted by Gasteiger charge is -2.21. The second kappa shape index (κ2) is 10.6. The first-order chi connectivity index (χ1) is 15.1. The Balaban J connectivity index is 1.60. The highest BCUT2D eigenvalue weighted by Crippen LogP contribution is 2.20. The first-order valence-electron chi connectivity index (χ1n) is 9.74. The molecule has 0 aliphatic carbocycles. The van der Waals surface area contributed by atoms with Crippen LogP contribution in [0.3, 0.4) is 0 Å². The quantitative estimate of drug-likeness (QED) is 0.462. The summed E-state index contributed by atoms with van der Waals surface area (Å²) >= 11 is 0. The number of rotatable bonds is 10. The Morgan fingerprint density at radius 3 is 2.71 bits per heavy atom. The second-order valence-corrected chi connectivity index (χ2v) is 6.43. The van der Waals surface area contributed by atoms with Crippen LogP contribution in [-0.2, 0) is 16.1 Å². The normalized spacial score (nSPS) is 10.3. The molecule has 31 heavy (non-hydrogen) atoms. The van der Waals surface area contributed by atoms with Crippen LogP contribution >= 0.6 is 0 Å². The Labute approximate surface area is 179 Å². The summed E-state index contributed by atoms with van der Waals surface area (Å²) in [7, 11) is 0. The largest absolute Gasteiger partial charge is 0.494 e. The third kappa shape index (κ3) is 5.96. The average molecular weight is 422 g/mol. The fourth-order valence-electron chi connectivity index (χ4n) is 2.85. The lowest BCUT2D eigenvalue weighted by molar-refractivity contribution is -0.121. The van der Waals surface area contributed by atoms with Gasteiger partial charge in [-0.05, 0) is 49.4 Å². The summed E-state index contributed by atoms with van der Waals surface area (Å²) in [4.78, 5) is 26.4. The van der Waals surface area contributed by atoms with E-state index in [0.717, 1.165) is 0 Å². The van der Waals surface area contributed by atoms with Crippen molar-refractivity contribution in [1.29, 1.82) is 5.26 Å². The van der Waals surface area contributed by atoms with Crippen LogP contribution in [0.1, 0.15) is 29.7 Å². The van der Waals surface area contributed by atoms with Gasteiger partial charge in [-0.15, -0.1) is 0 Å². The van der Waals surface area contributed by atoms with Crippen LogP contribution in [-0.4, -0.2) is 41.4 Å². The molecule has 2 aromatic heterocycles. The van der Waals surface area contributed by atoms with Gasteiger partial charge in [-0.25, -0.2) is 4.79 Å². The number of hydrogen-bond donors (Lipinski definition) is 0. The number of carbonyl (C=O) groups is 2. The Bertz CT molecular complexity index is 1030. The molecule has 0 aliphatic rings. The van der Waals surface area contributed by atoms with Gasteiger partial charge in [0.1, 0.15) is 11.5 Å². The average Bonchev–Trinajstić information content (AvgIpc) is 3.46. The van der Waals surface area contributed by atoms with Gasteiger partial charge >= 0.3 is 5.97 Å². The number of ether oxygens (including phenoxy) is 2. The molecule has 0 unspecified atom stereocenters. The summed E-state index contributed by atoms with van der Waals surface area (Å²) in [6.07, 6.45) is 3.56. The molecule has 0 N–H and O–H groups in total. The zero-order valence-electron chi connectivity index (χ0n) is 17.1. The van der Waals surface area contributed by atoms with Gasteiger partial charge in [0.2, 0.25) is 5.76 Å². The smallest absolute Gasteiger partial charge is 0.374 e. The van der Waals surface area contributed by atoms with Crippen LogP contribution in [0.5, 0.6) is 5.75 Å². The second-order valence-electron chi connectivity index (χ2n) is 6.43. The van der Waals surface area contributed by atoms with E-state index >= 15 is 0 Å². The lowest BCUT2D eigenvalue weighted by Crippen LogP contribution is -2.35. The van der Waals surface area contributed by atoms with Gasteiger partial charge in [0.05, 0.1) is 25.6 Å². The number of hydrogen-bond acceptors (Lipinski definition) is 7. The predicted octanol–water partition coefficient (Wildman–Crippen LogP) is 3.03. The molecule has 0 bridgehead atoms. The summed E-state index contributed by atoms with van der Waals surface area (Å²) in [5.74, 6) is 0.0174. The molecule has 0 radical (unpaired) electrons. The summed E-state index contributed by atoms with van der Waals surface area (Å²) in [6, 6.07) is 13.9. The van der Waals surface area contributed by atoms with E-state index in [1.807, 2.05) is 13.0 Å². The van der Waals surface area contributed by atoms with Gasteiger partial charge in [0, 0.05) is 24.6 Å². The van der Waals surface area contributed by atoms with E-state index in [1.54, 1.807) is 53.5 Å². The molecule has 1 aromatic carbocycles. The Hall–Kier alpha value is -4.06. The third-order valence-electron chi connectivity index (χ3n) is 4.27. The van der Waals surface area contributed by atoms with E-state index in [4.69, 9.17) is 19.2 Å². The predicted molar refractivity (Wildman–Crippen MR) is 111 cm³/mol. The maximum absolute atomic E-state index is 12.7. The van der Waals surface area contributed by atoms with Crippen LogP contribution in [0.25, 0.3) is 0 Å². The molecule has 1 amide bonds. The van der Waals surface area contributed by atoms with Crippen LogP contribution in [0.2, 0.25) is 0 Å². The zero-order valence-corrected chi connectivity index (χ0v) is 17.1. The Kier molecular flexibility index (Phi) is 7.43. The fraction of sp³-hybridized carbons (Fsp3) is 0.273. The Morgan fingerprint density at radius 2 is 2.03 bits per heavy atom. The van der Waals surface area contributed by atoms with Crippen molar-refractivity contribution >= 4 is 17.6 Å². The van der Waals surface area contributed by atoms with E-state index < -0.39 is 18.5 Å². The maximum atomic E-state index is 12.7. The van der Waals surface area contributed by atoms with Crippen molar-refractivity contribution in [3.8, 4) is 11.8 Å². The number of furan rings is 1. The molecule has 3 aromatic rings. The zero-order chi connectivity index (χ0) is 22.1. The number of nitrogens with zero attached hydrogens (tertiary/aromatic N) is 4. The summed E-state index contributed by atoms with van der Waals surface area (Å²) in [5, 5.41) is 13.0. The summed E-state index contributed by atoms with van der Waals surface area (Å²) in [5.41, 5.74) is 0.583. The molecule has 0 saturated heterocycles. The SMILES string of the molecule is CCOc1ccc(N(CCC#N)C(=O)COC(=O)c2ccc(Cn3cccn3)o2)cc1. The van der Waals surface area contributed by atoms with Crippen molar-refractivity contribution in [1.82, 2.24) is 9.78 Å². The van der Waals surface area contributed by atoms with Crippen LogP contribution in [0.15, 0.2) is 59.3 Å². The minimum Gasteiger partial charge on any atom is -0.494 e. The van der Waals surface area contributed by atoms with Crippen molar-refractivity contribution in [3.63, 3.8) is 0 Å². The molecule has 0 aliphatic heterocycles. The monoisotopic (exact) mass is 422 g/mol. The first kappa shape index (κ1) is 21.6. The van der Waals surface area contributed by atoms with Gasteiger partial charge in [-0.2, -0.15) is 10.4 Å². The summed E-state index contributed by atoms with van der Waals surface area (Å²) in [6.45, 7) is 2.48. The van der Waals surface area contributed by atoms with Gasteiger partial charge in [-0.3, -0.25) is 9.48 Å². The van der Waals surface area contributed by atoms with Crippen molar-refractivity contribution in [3.05, 3.63) is 66.4 Å². The molecular weight excluding hydrogens is 400 g/mol. The number of amides is 1. The molecule has 0 atom stereocenters.